The van der Waals surface area contributed by atoms with E-state index in [0.717, 1.165) is 27.8 Å². The Hall–Kier alpha value is -5.28. The van der Waals surface area contributed by atoms with Crippen LogP contribution >= 0.6 is 0 Å². The van der Waals surface area contributed by atoms with Gasteiger partial charge in [0, 0.05) is 25.6 Å². The lowest BCUT2D eigenvalue weighted by molar-refractivity contribution is -0.154. The van der Waals surface area contributed by atoms with Gasteiger partial charge in [-0.1, -0.05) is 152 Å². The van der Waals surface area contributed by atoms with Crippen molar-refractivity contribution in [3.8, 4) is 0 Å². The summed E-state index contributed by atoms with van der Waals surface area (Å²) >= 11 is 0. The second kappa shape index (κ2) is 17.5. The number of nitrogens with zero attached hydrogens (tertiary/aromatic N) is 2. The zero-order valence-electron chi connectivity index (χ0n) is 32.5. The highest BCUT2D eigenvalue weighted by Crippen LogP contribution is 2.41. The molecule has 0 aliphatic carbocycles. The molecule has 5 aromatic rings. The van der Waals surface area contributed by atoms with Gasteiger partial charge in [0.05, 0.1) is 25.9 Å². The van der Waals surface area contributed by atoms with E-state index < -0.39 is 41.1 Å². The average molecular weight is 741 g/mol. The lowest BCUT2D eigenvalue weighted by atomic mass is 9.80. The van der Waals surface area contributed by atoms with Crippen molar-refractivity contribution in [2.24, 2.45) is 0 Å². The number of carbonyl (C=O) groups is 2. The second-order valence-corrected chi connectivity index (χ2v) is 15.1. The molecular weight excluding hydrogens is 689 g/mol. The van der Waals surface area contributed by atoms with Gasteiger partial charge in [0.25, 0.3) is 0 Å². The van der Waals surface area contributed by atoms with E-state index >= 15 is 0 Å². The molecule has 0 radical (unpaired) electrons. The van der Waals surface area contributed by atoms with Gasteiger partial charge in [0.1, 0.15) is 11.3 Å². The van der Waals surface area contributed by atoms with Crippen LogP contribution in [-0.2, 0) is 42.4 Å². The maximum absolute atomic E-state index is 14.1. The zero-order valence-corrected chi connectivity index (χ0v) is 32.5. The summed E-state index contributed by atoms with van der Waals surface area (Å²) in [5.74, 6) is -0.645. The zero-order chi connectivity index (χ0) is 38.9. The van der Waals surface area contributed by atoms with Crippen molar-refractivity contribution in [2.45, 2.75) is 76.2 Å². The monoisotopic (exact) mass is 740 g/mol. The van der Waals surface area contributed by atoms with E-state index in [1.807, 2.05) is 119 Å². The fourth-order valence-electron chi connectivity index (χ4n) is 7.69. The standard InChI is InChI=1S/C47H52N2O6/c1-45(2)35-54-46(3,4)49(45)44(51)55-42(43(50)52-5)31-41(48(32-36-21-11-6-12-22-36)33-37-23-13-7-14-24-37)34-53-47(38-25-15-8-16-26-38,39-27-17-9-18-28-39)40-29-19-10-20-30-40/h6-30,41-42H,31-35H2,1-5H3/t41-,42-/m0/s1. The fraction of sp³-hybridized carbons (Fsp3) is 0.319. The predicted octanol–water partition coefficient (Wildman–Crippen LogP) is 8.98. The lowest BCUT2D eigenvalue weighted by Crippen LogP contribution is -2.54. The van der Waals surface area contributed by atoms with Gasteiger partial charge in [0.2, 0.25) is 6.10 Å². The van der Waals surface area contributed by atoms with Gasteiger partial charge in [-0.05, 0) is 55.5 Å². The summed E-state index contributed by atoms with van der Waals surface area (Å²) in [6.07, 6.45) is -1.79. The van der Waals surface area contributed by atoms with Gasteiger partial charge in [-0.25, -0.2) is 9.59 Å². The van der Waals surface area contributed by atoms with Gasteiger partial charge in [-0.2, -0.15) is 0 Å². The Morgan fingerprint density at radius 2 is 1.11 bits per heavy atom. The molecular formula is C47H52N2O6. The highest BCUT2D eigenvalue weighted by Gasteiger charge is 2.51. The average Bonchev–Trinajstić information content (AvgIpc) is 3.44. The van der Waals surface area contributed by atoms with Crippen LogP contribution in [0.15, 0.2) is 152 Å². The first kappa shape index (κ1) is 39.4. The number of carbonyl (C=O) groups excluding carboxylic acids is 2. The number of hydrogen-bond acceptors (Lipinski definition) is 7. The molecule has 55 heavy (non-hydrogen) atoms. The van der Waals surface area contributed by atoms with E-state index in [1.165, 1.54) is 7.11 Å². The van der Waals surface area contributed by atoms with E-state index in [4.69, 9.17) is 18.9 Å². The third-order valence-electron chi connectivity index (χ3n) is 10.3. The maximum atomic E-state index is 14.1. The Kier molecular flexibility index (Phi) is 12.5. The van der Waals surface area contributed by atoms with Crippen molar-refractivity contribution in [3.05, 3.63) is 179 Å². The summed E-state index contributed by atoms with van der Waals surface area (Å²) < 4.78 is 24.9. The number of rotatable bonds is 15. The summed E-state index contributed by atoms with van der Waals surface area (Å²) in [6.45, 7) is 9.07. The van der Waals surface area contributed by atoms with Gasteiger partial charge < -0.3 is 18.9 Å². The Morgan fingerprint density at radius 3 is 1.49 bits per heavy atom. The Balaban J connectivity index is 1.45. The lowest BCUT2D eigenvalue weighted by Gasteiger charge is -2.40. The van der Waals surface area contributed by atoms with Gasteiger partial charge >= 0.3 is 12.1 Å². The van der Waals surface area contributed by atoms with Crippen LogP contribution in [0.3, 0.4) is 0 Å². The fourth-order valence-corrected chi connectivity index (χ4v) is 7.69. The molecule has 1 saturated heterocycles. The van der Waals surface area contributed by atoms with Crippen LogP contribution in [0.1, 0.15) is 61.9 Å². The summed E-state index contributed by atoms with van der Waals surface area (Å²) in [7, 11) is 1.32. The molecule has 6 rings (SSSR count). The number of methoxy groups -OCH3 is 1. The van der Waals surface area contributed by atoms with Crippen LogP contribution in [0.4, 0.5) is 4.79 Å². The molecule has 1 heterocycles. The molecule has 2 atom stereocenters. The first-order chi connectivity index (χ1) is 26.5. The van der Waals surface area contributed by atoms with E-state index in [0.29, 0.717) is 19.7 Å². The molecule has 1 fully saturated rings. The minimum atomic E-state index is -1.24. The molecule has 1 amide bonds. The number of ether oxygens (including phenoxy) is 4. The number of esters is 1. The molecule has 5 aromatic carbocycles. The second-order valence-electron chi connectivity index (χ2n) is 15.1. The number of benzene rings is 5. The van der Waals surface area contributed by atoms with Crippen molar-refractivity contribution in [3.63, 3.8) is 0 Å². The third kappa shape index (κ3) is 9.16. The first-order valence-electron chi connectivity index (χ1n) is 18.9. The molecule has 0 aromatic heterocycles. The van der Waals surface area contributed by atoms with E-state index in [9.17, 15) is 9.59 Å². The number of hydrogen-bond donors (Lipinski definition) is 0. The molecule has 0 bridgehead atoms. The SMILES string of the molecule is COC(=O)[C@H](C[C@@H](COC(c1ccccc1)(c1ccccc1)c1ccccc1)N(Cc1ccccc1)Cc1ccccc1)OC(=O)N1C(C)(C)COC1(C)C. The molecule has 0 unspecified atom stereocenters. The highest BCUT2D eigenvalue weighted by molar-refractivity contribution is 5.79. The van der Waals surface area contributed by atoms with Crippen LogP contribution in [0.2, 0.25) is 0 Å². The predicted molar refractivity (Wildman–Crippen MR) is 214 cm³/mol. The summed E-state index contributed by atoms with van der Waals surface area (Å²) in [6, 6.07) is 50.6. The Morgan fingerprint density at radius 1 is 0.691 bits per heavy atom. The normalized spacial score (nSPS) is 16.0. The van der Waals surface area contributed by atoms with Crippen LogP contribution < -0.4 is 0 Å². The van der Waals surface area contributed by atoms with Crippen molar-refractivity contribution < 1.29 is 28.5 Å². The van der Waals surface area contributed by atoms with Crippen LogP contribution in [0.5, 0.6) is 0 Å². The van der Waals surface area contributed by atoms with Crippen molar-refractivity contribution >= 4 is 12.1 Å². The molecule has 8 heteroatoms. The third-order valence-corrected chi connectivity index (χ3v) is 10.3. The molecule has 0 saturated carbocycles. The Labute approximate surface area is 325 Å². The summed E-state index contributed by atoms with van der Waals surface area (Å²) in [5, 5.41) is 0. The van der Waals surface area contributed by atoms with Crippen molar-refractivity contribution in [1.29, 1.82) is 0 Å². The first-order valence-corrected chi connectivity index (χ1v) is 18.9. The molecule has 0 spiro atoms. The Bertz CT molecular complexity index is 1800. The number of amides is 1. The van der Waals surface area contributed by atoms with E-state index in [-0.39, 0.29) is 13.0 Å². The van der Waals surface area contributed by atoms with E-state index in [2.05, 4.69) is 65.6 Å². The van der Waals surface area contributed by atoms with E-state index in [1.54, 1.807) is 4.90 Å². The van der Waals surface area contributed by atoms with Crippen LogP contribution in [0, 0.1) is 0 Å². The molecule has 8 nitrogen and oxygen atoms in total. The smallest absolute Gasteiger partial charge is 0.413 e. The van der Waals surface area contributed by atoms with Crippen LogP contribution in [-0.4, -0.2) is 65.6 Å². The summed E-state index contributed by atoms with van der Waals surface area (Å²) in [5.41, 5.74) is 2.44. The summed E-state index contributed by atoms with van der Waals surface area (Å²) in [4.78, 5) is 31.7. The molecule has 286 valence electrons. The molecule has 0 N–H and O–H groups in total. The largest absolute Gasteiger partial charge is 0.466 e. The van der Waals surface area contributed by atoms with Crippen molar-refractivity contribution in [1.82, 2.24) is 9.80 Å². The topological polar surface area (TPSA) is 77.5 Å². The van der Waals surface area contributed by atoms with Crippen molar-refractivity contribution in [2.75, 3.05) is 20.3 Å². The minimum Gasteiger partial charge on any atom is -0.466 e. The minimum absolute atomic E-state index is 0.0993. The molecule has 1 aliphatic rings. The van der Waals surface area contributed by atoms with Crippen LogP contribution in [0.25, 0.3) is 0 Å². The quantitative estimate of drug-likeness (QED) is 0.0784. The highest BCUT2D eigenvalue weighted by atomic mass is 16.6. The van der Waals surface area contributed by atoms with Gasteiger partial charge in [-0.15, -0.1) is 0 Å². The maximum Gasteiger partial charge on any atom is 0.413 e. The van der Waals surface area contributed by atoms with Gasteiger partial charge in [-0.3, -0.25) is 9.80 Å². The van der Waals surface area contributed by atoms with Gasteiger partial charge in [0.15, 0.2) is 0 Å². The molecule has 1 aliphatic heterocycles.